The molecule has 2 N–H and O–H groups in total. The van der Waals surface area contributed by atoms with Crippen molar-refractivity contribution in [2.45, 2.75) is 25.3 Å². The average Bonchev–Trinajstić information content (AvgIpc) is 2.68. The summed E-state index contributed by atoms with van der Waals surface area (Å²) < 4.78 is 5.22. The molecule has 1 saturated heterocycles. The molecule has 78 valence electrons. The molecule has 2 rings (SSSR count). The van der Waals surface area contributed by atoms with Crippen molar-refractivity contribution in [1.29, 1.82) is 0 Å². The van der Waals surface area contributed by atoms with Crippen molar-refractivity contribution in [2.75, 3.05) is 20.1 Å². The van der Waals surface area contributed by atoms with E-state index in [9.17, 15) is 0 Å². The summed E-state index contributed by atoms with van der Waals surface area (Å²) in [6.07, 6.45) is 2.34. The lowest BCUT2D eigenvalue weighted by atomic mass is 10.00. The molecule has 1 atom stereocenters. The number of hydrogen-bond acceptors (Lipinski definition) is 5. The molecule has 1 aromatic rings. The van der Waals surface area contributed by atoms with Gasteiger partial charge in [-0.3, -0.25) is 0 Å². The molecule has 5 heteroatoms. The highest BCUT2D eigenvalue weighted by Gasteiger charge is 2.20. The smallest absolute Gasteiger partial charge is 0.231 e. The van der Waals surface area contributed by atoms with E-state index in [0.717, 1.165) is 31.2 Å². The Labute approximate surface area is 83.3 Å². The Hall–Kier alpha value is -0.940. The van der Waals surface area contributed by atoms with Crippen LogP contribution in [0.25, 0.3) is 0 Å². The van der Waals surface area contributed by atoms with Gasteiger partial charge in [0.2, 0.25) is 5.89 Å². The average molecular weight is 196 g/mol. The van der Waals surface area contributed by atoms with Crippen molar-refractivity contribution in [2.24, 2.45) is 0 Å². The molecular formula is C9H16N4O. The molecule has 5 nitrogen and oxygen atoms in total. The first-order chi connectivity index (χ1) is 6.90. The Morgan fingerprint density at radius 1 is 1.64 bits per heavy atom. The number of aromatic nitrogens is 2. The molecule has 1 aliphatic heterocycles. The number of nitrogens with one attached hydrogen (secondary N) is 2. The number of nitrogens with zero attached hydrogens (tertiary/aromatic N) is 2. The van der Waals surface area contributed by atoms with Crippen LogP contribution in [0.1, 0.15) is 30.5 Å². The minimum atomic E-state index is 0.404. The highest BCUT2D eigenvalue weighted by Crippen LogP contribution is 2.21. The van der Waals surface area contributed by atoms with Gasteiger partial charge < -0.3 is 15.2 Å². The zero-order valence-electron chi connectivity index (χ0n) is 8.42. The lowest BCUT2D eigenvalue weighted by Gasteiger charge is -2.18. The molecule has 0 radical (unpaired) electrons. The van der Waals surface area contributed by atoms with E-state index in [4.69, 9.17) is 4.52 Å². The summed E-state index contributed by atoms with van der Waals surface area (Å²) in [5.41, 5.74) is 0. The largest absolute Gasteiger partial charge is 0.339 e. The van der Waals surface area contributed by atoms with Gasteiger partial charge in [0.05, 0.1) is 12.5 Å². The van der Waals surface area contributed by atoms with E-state index in [-0.39, 0.29) is 0 Å². The van der Waals surface area contributed by atoms with Crippen molar-refractivity contribution in [3.8, 4) is 0 Å². The Morgan fingerprint density at radius 3 is 3.29 bits per heavy atom. The first-order valence-electron chi connectivity index (χ1n) is 5.08. The fraction of sp³-hybridized carbons (Fsp3) is 0.778. The molecule has 1 aliphatic rings. The molecule has 0 aliphatic carbocycles. The predicted molar refractivity (Wildman–Crippen MR) is 51.9 cm³/mol. The highest BCUT2D eigenvalue weighted by molar-refractivity contribution is 4.96. The maximum atomic E-state index is 5.22. The number of rotatable bonds is 3. The van der Waals surface area contributed by atoms with Crippen molar-refractivity contribution < 1.29 is 4.52 Å². The van der Waals surface area contributed by atoms with Gasteiger partial charge in [-0.2, -0.15) is 4.98 Å². The van der Waals surface area contributed by atoms with Gasteiger partial charge >= 0.3 is 0 Å². The zero-order chi connectivity index (χ0) is 9.80. The van der Waals surface area contributed by atoms with E-state index in [2.05, 4.69) is 20.8 Å². The summed E-state index contributed by atoms with van der Waals surface area (Å²) in [4.78, 5) is 4.34. The minimum absolute atomic E-state index is 0.404. The second kappa shape index (κ2) is 4.52. The van der Waals surface area contributed by atoms with Gasteiger partial charge in [-0.05, 0) is 26.4 Å². The first-order valence-corrected chi connectivity index (χ1v) is 5.08. The predicted octanol–water partition coefficient (Wildman–Crippen LogP) is 0.256. The van der Waals surface area contributed by atoms with E-state index in [1.807, 2.05) is 7.05 Å². The lowest BCUT2D eigenvalue weighted by Crippen LogP contribution is -2.28. The van der Waals surface area contributed by atoms with Crippen LogP contribution in [-0.2, 0) is 6.54 Å². The van der Waals surface area contributed by atoms with Gasteiger partial charge in [-0.15, -0.1) is 0 Å². The van der Waals surface area contributed by atoms with E-state index in [1.165, 1.54) is 6.42 Å². The van der Waals surface area contributed by atoms with E-state index in [1.54, 1.807) is 0 Å². The molecule has 0 amide bonds. The van der Waals surface area contributed by atoms with Crippen LogP contribution in [0.2, 0.25) is 0 Å². The standard InChI is InChI=1S/C9H16N4O/c1-10-6-8-12-9(14-13-8)7-3-2-4-11-5-7/h7,10-11H,2-6H2,1H3. The third-order valence-corrected chi connectivity index (χ3v) is 2.46. The van der Waals surface area contributed by atoms with Crippen LogP contribution in [0.15, 0.2) is 4.52 Å². The van der Waals surface area contributed by atoms with Crippen molar-refractivity contribution >= 4 is 0 Å². The monoisotopic (exact) mass is 196 g/mol. The second-order valence-corrected chi connectivity index (χ2v) is 3.62. The molecule has 0 bridgehead atoms. The summed E-state index contributed by atoms with van der Waals surface area (Å²) in [6.45, 7) is 2.73. The lowest BCUT2D eigenvalue weighted by molar-refractivity contribution is 0.320. The van der Waals surface area contributed by atoms with Crippen LogP contribution >= 0.6 is 0 Å². The quantitative estimate of drug-likeness (QED) is 0.726. The summed E-state index contributed by atoms with van der Waals surface area (Å²) in [5, 5.41) is 10.2. The van der Waals surface area contributed by atoms with E-state index < -0.39 is 0 Å². The van der Waals surface area contributed by atoms with Crippen LogP contribution < -0.4 is 10.6 Å². The van der Waals surface area contributed by atoms with Crippen molar-refractivity contribution in [3.05, 3.63) is 11.7 Å². The number of piperidine rings is 1. The Bertz CT molecular complexity index is 280. The molecule has 1 aromatic heterocycles. The molecule has 0 aromatic carbocycles. The summed E-state index contributed by atoms with van der Waals surface area (Å²) in [5.74, 6) is 1.93. The van der Waals surface area contributed by atoms with Crippen LogP contribution in [0, 0.1) is 0 Å². The van der Waals surface area contributed by atoms with Crippen LogP contribution in [0.5, 0.6) is 0 Å². The zero-order valence-corrected chi connectivity index (χ0v) is 8.42. The molecule has 1 unspecified atom stereocenters. The first kappa shape index (κ1) is 9.61. The van der Waals surface area contributed by atoms with Crippen LogP contribution in [0.3, 0.4) is 0 Å². The van der Waals surface area contributed by atoms with Crippen LogP contribution in [-0.4, -0.2) is 30.3 Å². The summed E-state index contributed by atoms with van der Waals surface area (Å²) in [7, 11) is 1.87. The Kier molecular flexibility index (Phi) is 3.10. The minimum Gasteiger partial charge on any atom is -0.339 e. The van der Waals surface area contributed by atoms with Crippen molar-refractivity contribution in [1.82, 2.24) is 20.8 Å². The van der Waals surface area contributed by atoms with E-state index >= 15 is 0 Å². The highest BCUT2D eigenvalue weighted by atomic mass is 16.5. The fourth-order valence-electron chi connectivity index (χ4n) is 1.73. The van der Waals surface area contributed by atoms with Crippen LogP contribution in [0.4, 0.5) is 0 Å². The fourth-order valence-corrected chi connectivity index (χ4v) is 1.73. The Balaban J connectivity index is 2.00. The molecule has 2 heterocycles. The molecular weight excluding hydrogens is 180 g/mol. The van der Waals surface area contributed by atoms with E-state index in [0.29, 0.717) is 12.5 Å². The normalized spacial score (nSPS) is 22.5. The van der Waals surface area contributed by atoms with Gasteiger partial charge in [0.25, 0.3) is 0 Å². The van der Waals surface area contributed by atoms with Gasteiger partial charge in [0.15, 0.2) is 5.82 Å². The van der Waals surface area contributed by atoms with Gasteiger partial charge in [-0.1, -0.05) is 5.16 Å². The summed E-state index contributed by atoms with van der Waals surface area (Å²) >= 11 is 0. The number of hydrogen-bond donors (Lipinski definition) is 2. The van der Waals surface area contributed by atoms with Gasteiger partial charge in [0.1, 0.15) is 0 Å². The van der Waals surface area contributed by atoms with Crippen molar-refractivity contribution in [3.63, 3.8) is 0 Å². The third kappa shape index (κ3) is 2.10. The molecule has 0 spiro atoms. The van der Waals surface area contributed by atoms with Gasteiger partial charge in [-0.25, -0.2) is 0 Å². The topological polar surface area (TPSA) is 63.0 Å². The third-order valence-electron chi connectivity index (χ3n) is 2.46. The second-order valence-electron chi connectivity index (χ2n) is 3.62. The maximum absolute atomic E-state index is 5.22. The molecule has 0 saturated carbocycles. The summed E-state index contributed by atoms with van der Waals surface area (Å²) in [6, 6.07) is 0. The SMILES string of the molecule is CNCc1noc(C2CCCNC2)n1. The molecule has 1 fully saturated rings. The maximum Gasteiger partial charge on any atom is 0.231 e. The van der Waals surface area contributed by atoms with Gasteiger partial charge in [0, 0.05) is 6.54 Å². The molecule has 14 heavy (non-hydrogen) atoms. The Morgan fingerprint density at radius 2 is 2.57 bits per heavy atom.